The number of rotatable bonds is 2. The normalized spacial score (nSPS) is 13.6. The quantitative estimate of drug-likeness (QED) is 0.672. The van der Waals surface area contributed by atoms with Crippen molar-refractivity contribution in [2.45, 2.75) is 13.0 Å². The van der Waals surface area contributed by atoms with Crippen molar-refractivity contribution < 1.29 is 4.79 Å². The molecule has 2 aromatic rings. The van der Waals surface area contributed by atoms with Gasteiger partial charge in [0.2, 0.25) is 0 Å². The van der Waals surface area contributed by atoms with E-state index in [4.69, 9.17) is 0 Å². The van der Waals surface area contributed by atoms with E-state index >= 15 is 0 Å². The van der Waals surface area contributed by atoms with Crippen molar-refractivity contribution >= 4 is 50.1 Å². The van der Waals surface area contributed by atoms with E-state index in [1.54, 1.807) is 0 Å². The number of carbonyl (C=O) groups excluding carboxylic acids is 1. The number of amides is 1. The molecule has 1 aliphatic rings. The molecule has 0 fully saturated rings. The molecule has 0 bridgehead atoms. The summed E-state index contributed by atoms with van der Waals surface area (Å²) in [6.07, 6.45) is 0.944. The van der Waals surface area contributed by atoms with Crippen molar-refractivity contribution in [2.24, 2.45) is 0 Å². The van der Waals surface area contributed by atoms with Gasteiger partial charge in [-0.3, -0.25) is 4.79 Å². The smallest absolute Gasteiger partial charge is 0.256 e. The van der Waals surface area contributed by atoms with Gasteiger partial charge in [0, 0.05) is 20.3 Å². The van der Waals surface area contributed by atoms with Crippen LogP contribution in [0.3, 0.4) is 0 Å². The molecule has 0 saturated carbocycles. The largest absolute Gasteiger partial charge is 0.322 e. The Kier molecular flexibility index (Phi) is 4.61. The van der Waals surface area contributed by atoms with Crippen molar-refractivity contribution in [3.8, 4) is 0 Å². The average molecular weight is 457 g/mol. The highest BCUT2D eigenvalue weighted by molar-refractivity contribution is 14.1. The van der Waals surface area contributed by atoms with Crippen LogP contribution in [0.4, 0.5) is 5.69 Å². The Morgan fingerprint density at radius 2 is 2.14 bits per heavy atom. The van der Waals surface area contributed by atoms with Crippen LogP contribution in [-0.2, 0) is 13.0 Å². The van der Waals surface area contributed by atoms with E-state index < -0.39 is 0 Å². The fourth-order valence-corrected chi connectivity index (χ4v) is 3.43. The lowest BCUT2D eigenvalue weighted by molar-refractivity contribution is 0.102. The molecule has 5 heteroatoms. The Morgan fingerprint density at radius 3 is 3.00 bits per heavy atom. The number of nitrogens with one attached hydrogen (secondary N) is 2. The maximum Gasteiger partial charge on any atom is 0.256 e. The second-order valence-corrected chi connectivity index (χ2v) is 7.05. The molecule has 21 heavy (non-hydrogen) atoms. The molecule has 0 aromatic heterocycles. The van der Waals surface area contributed by atoms with Gasteiger partial charge in [-0.05, 0) is 86.9 Å². The van der Waals surface area contributed by atoms with Gasteiger partial charge in [-0.25, -0.2) is 0 Å². The summed E-state index contributed by atoms with van der Waals surface area (Å²) in [5.41, 5.74) is 4.09. The summed E-state index contributed by atoms with van der Waals surface area (Å²) in [4.78, 5) is 12.5. The minimum absolute atomic E-state index is 0.0766. The van der Waals surface area contributed by atoms with Gasteiger partial charge in [0.1, 0.15) is 0 Å². The van der Waals surface area contributed by atoms with Crippen LogP contribution >= 0.6 is 38.5 Å². The number of fused-ring (bicyclic) bond motifs is 1. The highest BCUT2D eigenvalue weighted by Crippen LogP contribution is 2.25. The number of hydrogen-bond donors (Lipinski definition) is 2. The average Bonchev–Trinajstić information content (AvgIpc) is 2.50. The third-order valence-corrected chi connectivity index (χ3v) is 4.92. The van der Waals surface area contributed by atoms with E-state index in [9.17, 15) is 4.79 Å². The zero-order valence-corrected chi connectivity index (χ0v) is 15.0. The first kappa shape index (κ1) is 15.0. The molecule has 0 atom stereocenters. The number of carbonyl (C=O) groups is 1. The number of hydrogen-bond acceptors (Lipinski definition) is 2. The number of halogens is 2. The molecule has 1 heterocycles. The summed E-state index contributed by atoms with van der Waals surface area (Å²) in [7, 11) is 0. The van der Waals surface area contributed by atoms with Gasteiger partial charge < -0.3 is 10.6 Å². The molecule has 0 spiro atoms. The van der Waals surface area contributed by atoms with E-state index in [1.165, 1.54) is 11.1 Å². The molecule has 0 unspecified atom stereocenters. The first-order chi connectivity index (χ1) is 10.1. The van der Waals surface area contributed by atoms with Gasteiger partial charge in [-0.2, -0.15) is 0 Å². The molecule has 0 radical (unpaired) electrons. The highest BCUT2D eigenvalue weighted by Gasteiger charge is 2.16. The maximum absolute atomic E-state index is 12.5. The van der Waals surface area contributed by atoms with E-state index in [0.29, 0.717) is 5.56 Å². The summed E-state index contributed by atoms with van der Waals surface area (Å²) < 4.78 is 1.85. The van der Waals surface area contributed by atoms with Gasteiger partial charge in [-0.15, -0.1) is 0 Å². The second-order valence-electron chi connectivity index (χ2n) is 4.95. The minimum atomic E-state index is -0.0766. The Hall–Kier alpha value is -0.920. The lowest BCUT2D eigenvalue weighted by Gasteiger charge is -2.20. The zero-order chi connectivity index (χ0) is 14.8. The first-order valence-corrected chi connectivity index (χ1v) is 8.60. The summed E-state index contributed by atoms with van der Waals surface area (Å²) in [5.74, 6) is -0.0766. The zero-order valence-electron chi connectivity index (χ0n) is 11.2. The van der Waals surface area contributed by atoms with Gasteiger partial charge in [0.15, 0.2) is 0 Å². The molecule has 108 valence electrons. The lowest BCUT2D eigenvalue weighted by atomic mass is 9.99. The molecule has 1 aliphatic heterocycles. The molecular weight excluding hydrogens is 443 g/mol. The number of anilines is 1. The van der Waals surface area contributed by atoms with E-state index in [1.807, 2.05) is 30.3 Å². The van der Waals surface area contributed by atoms with Crippen LogP contribution in [0.5, 0.6) is 0 Å². The van der Waals surface area contributed by atoms with E-state index in [-0.39, 0.29) is 5.91 Å². The Balaban J connectivity index is 1.90. The minimum Gasteiger partial charge on any atom is -0.322 e. The van der Waals surface area contributed by atoms with Crippen molar-refractivity contribution in [3.63, 3.8) is 0 Å². The van der Waals surface area contributed by atoms with Crippen molar-refractivity contribution in [1.29, 1.82) is 0 Å². The Labute approximate surface area is 145 Å². The van der Waals surface area contributed by atoms with Gasteiger partial charge in [0.25, 0.3) is 5.91 Å². The highest BCUT2D eigenvalue weighted by atomic mass is 127. The molecule has 1 amide bonds. The van der Waals surface area contributed by atoms with Crippen LogP contribution in [0.15, 0.2) is 40.9 Å². The van der Waals surface area contributed by atoms with Crippen LogP contribution in [0, 0.1) is 3.57 Å². The standard InChI is InChI=1S/C16H14BrIN2O/c17-14-5-4-11(18)8-13(14)16(21)20-15-3-1-2-10-9-19-7-6-12(10)15/h1-5,8,19H,6-7,9H2,(H,20,21). The van der Waals surface area contributed by atoms with Crippen LogP contribution < -0.4 is 10.6 Å². The maximum atomic E-state index is 12.5. The molecule has 2 aromatic carbocycles. The fraction of sp³-hybridized carbons (Fsp3) is 0.188. The second kappa shape index (κ2) is 6.46. The lowest BCUT2D eigenvalue weighted by Crippen LogP contribution is -2.25. The number of benzene rings is 2. The third kappa shape index (κ3) is 3.30. The molecule has 3 rings (SSSR count). The Bertz CT molecular complexity index is 703. The fourth-order valence-electron chi connectivity index (χ4n) is 2.51. The van der Waals surface area contributed by atoms with E-state index in [0.717, 1.165) is 33.2 Å². The van der Waals surface area contributed by atoms with Crippen molar-refractivity contribution in [3.05, 3.63) is 61.1 Å². The first-order valence-electron chi connectivity index (χ1n) is 6.73. The van der Waals surface area contributed by atoms with Crippen LogP contribution in [0.1, 0.15) is 21.5 Å². The van der Waals surface area contributed by atoms with Gasteiger partial charge in [0.05, 0.1) is 5.56 Å². The monoisotopic (exact) mass is 456 g/mol. The Morgan fingerprint density at radius 1 is 1.29 bits per heavy atom. The summed E-state index contributed by atoms with van der Waals surface area (Å²) in [6, 6.07) is 11.8. The predicted molar refractivity (Wildman–Crippen MR) is 96.7 cm³/mol. The molecule has 3 nitrogen and oxygen atoms in total. The molecule has 2 N–H and O–H groups in total. The topological polar surface area (TPSA) is 41.1 Å². The SMILES string of the molecule is O=C(Nc1cccc2c1CCNC2)c1cc(I)ccc1Br. The van der Waals surface area contributed by atoms with Gasteiger partial charge >= 0.3 is 0 Å². The summed E-state index contributed by atoms with van der Waals surface area (Å²) in [6.45, 7) is 1.82. The van der Waals surface area contributed by atoms with Crippen LogP contribution in [0.2, 0.25) is 0 Å². The van der Waals surface area contributed by atoms with Crippen molar-refractivity contribution in [2.75, 3.05) is 11.9 Å². The van der Waals surface area contributed by atoms with Crippen LogP contribution in [-0.4, -0.2) is 12.5 Å². The molecule has 0 aliphatic carbocycles. The van der Waals surface area contributed by atoms with E-state index in [2.05, 4.69) is 55.2 Å². The predicted octanol–water partition coefficient (Wildman–Crippen LogP) is 3.95. The third-order valence-electron chi connectivity index (χ3n) is 3.56. The molecular formula is C16H14BrIN2O. The molecule has 0 saturated heterocycles. The van der Waals surface area contributed by atoms with Crippen LogP contribution in [0.25, 0.3) is 0 Å². The summed E-state index contributed by atoms with van der Waals surface area (Å²) >= 11 is 5.66. The summed E-state index contributed by atoms with van der Waals surface area (Å²) in [5, 5.41) is 6.40. The van der Waals surface area contributed by atoms with Crippen molar-refractivity contribution in [1.82, 2.24) is 5.32 Å². The van der Waals surface area contributed by atoms with Gasteiger partial charge in [-0.1, -0.05) is 12.1 Å².